The lowest BCUT2D eigenvalue weighted by atomic mass is 10.4. The van der Waals surface area contributed by atoms with Crippen LogP contribution in [-0.2, 0) is 5.75 Å². The number of thioether (sulfide) groups is 1. The van der Waals surface area contributed by atoms with Crippen LogP contribution in [0.25, 0.3) is 0 Å². The molecular formula is C10H14N4OS. The Morgan fingerprint density at radius 3 is 2.94 bits per heavy atom. The Morgan fingerprint density at radius 1 is 1.50 bits per heavy atom. The Labute approximate surface area is 98.0 Å². The highest BCUT2D eigenvalue weighted by molar-refractivity contribution is 7.98. The number of nitrogens with two attached hydrogens (primary N) is 1. The van der Waals surface area contributed by atoms with Crippen LogP contribution in [0.2, 0.25) is 0 Å². The van der Waals surface area contributed by atoms with E-state index in [2.05, 4.69) is 24.0 Å². The maximum absolute atomic E-state index is 5.74. The second kappa shape index (κ2) is 4.61. The first kappa shape index (κ1) is 11.1. The number of furan rings is 1. The molecule has 0 saturated carbocycles. The van der Waals surface area contributed by atoms with Crippen LogP contribution in [0.1, 0.15) is 25.6 Å². The van der Waals surface area contributed by atoms with Gasteiger partial charge in [0.15, 0.2) is 5.16 Å². The topological polar surface area (TPSA) is 69.9 Å². The number of hydrogen-bond donors (Lipinski definition) is 1. The van der Waals surface area contributed by atoms with Crippen molar-refractivity contribution < 1.29 is 4.42 Å². The molecule has 0 saturated heterocycles. The summed E-state index contributed by atoms with van der Waals surface area (Å²) < 4.78 is 7.16. The van der Waals surface area contributed by atoms with E-state index in [-0.39, 0.29) is 6.04 Å². The minimum absolute atomic E-state index is 0.258. The predicted octanol–water partition coefficient (Wildman–Crippen LogP) is 2.33. The zero-order chi connectivity index (χ0) is 11.5. The van der Waals surface area contributed by atoms with Gasteiger partial charge < -0.3 is 10.2 Å². The molecule has 0 aliphatic heterocycles. The molecule has 2 aromatic heterocycles. The number of rotatable bonds is 4. The Kier molecular flexibility index (Phi) is 3.19. The number of aromatic nitrogens is 3. The fourth-order valence-electron chi connectivity index (χ4n) is 1.40. The molecule has 6 heteroatoms. The van der Waals surface area contributed by atoms with Crippen LogP contribution in [0.3, 0.4) is 0 Å². The van der Waals surface area contributed by atoms with Gasteiger partial charge in [-0.25, -0.2) is 0 Å². The molecule has 2 N–H and O–H groups in total. The van der Waals surface area contributed by atoms with Gasteiger partial charge in [0, 0.05) is 6.04 Å². The molecule has 2 aromatic rings. The van der Waals surface area contributed by atoms with E-state index >= 15 is 0 Å². The van der Waals surface area contributed by atoms with Crippen molar-refractivity contribution in [3.05, 3.63) is 24.2 Å². The Morgan fingerprint density at radius 2 is 2.31 bits per heavy atom. The molecule has 0 fully saturated rings. The number of nitrogen functional groups attached to an aromatic ring is 1. The molecule has 2 heterocycles. The van der Waals surface area contributed by atoms with E-state index in [1.807, 2.05) is 16.7 Å². The molecule has 0 aliphatic rings. The van der Waals surface area contributed by atoms with Crippen LogP contribution in [0.4, 0.5) is 5.95 Å². The lowest BCUT2D eigenvalue weighted by Crippen LogP contribution is -2.06. The average molecular weight is 238 g/mol. The Balaban J connectivity index is 2.10. The fourth-order valence-corrected chi connectivity index (χ4v) is 2.38. The molecule has 0 bridgehead atoms. The molecular weight excluding hydrogens is 224 g/mol. The van der Waals surface area contributed by atoms with Gasteiger partial charge in [-0.2, -0.15) is 0 Å². The van der Waals surface area contributed by atoms with Crippen LogP contribution < -0.4 is 5.73 Å². The number of hydrogen-bond acceptors (Lipinski definition) is 5. The minimum Gasteiger partial charge on any atom is -0.468 e. The van der Waals surface area contributed by atoms with E-state index in [0.717, 1.165) is 16.7 Å². The van der Waals surface area contributed by atoms with Crippen LogP contribution >= 0.6 is 11.8 Å². The molecule has 0 spiro atoms. The summed E-state index contributed by atoms with van der Waals surface area (Å²) in [4.78, 5) is 0. The normalized spacial score (nSPS) is 11.2. The quantitative estimate of drug-likeness (QED) is 0.828. The molecule has 0 unspecified atom stereocenters. The lowest BCUT2D eigenvalue weighted by Gasteiger charge is -2.10. The van der Waals surface area contributed by atoms with Gasteiger partial charge in [-0.15, -0.1) is 10.2 Å². The van der Waals surface area contributed by atoms with E-state index < -0.39 is 0 Å². The first-order valence-electron chi connectivity index (χ1n) is 5.04. The molecule has 0 amide bonds. The highest BCUT2D eigenvalue weighted by atomic mass is 32.2. The zero-order valence-corrected chi connectivity index (χ0v) is 10.1. The lowest BCUT2D eigenvalue weighted by molar-refractivity contribution is 0.528. The van der Waals surface area contributed by atoms with Gasteiger partial charge in [-0.1, -0.05) is 11.8 Å². The summed E-state index contributed by atoms with van der Waals surface area (Å²) in [6.07, 6.45) is 1.66. The second-order valence-corrected chi connectivity index (χ2v) is 4.62. The Hall–Kier alpha value is -1.43. The summed E-state index contributed by atoms with van der Waals surface area (Å²) >= 11 is 1.57. The van der Waals surface area contributed by atoms with Crippen molar-refractivity contribution in [3.8, 4) is 0 Å². The SMILES string of the molecule is CC(C)n1c(N)nnc1SCc1ccco1. The monoisotopic (exact) mass is 238 g/mol. The molecule has 5 nitrogen and oxygen atoms in total. The maximum atomic E-state index is 5.74. The van der Waals surface area contributed by atoms with Crippen LogP contribution in [0.15, 0.2) is 28.0 Å². The zero-order valence-electron chi connectivity index (χ0n) is 9.25. The smallest absolute Gasteiger partial charge is 0.222 e. The van der Waals surface area contributed by atoms with Crippen molar-refractivity contribution in [1.29, 1.82) is 0 Å². The molecule has 2 rings (SSSR count). The predicted molar refractivity (Wildman–Crippen MR) is 63.1 cm³/mol. The van der Waals surface area contributed by atoms with E-state index in [9.17, 15) is 0 Å². The molecule has 0 aromatic carbocycles. The third kappa shape index (κ3) is 2.21. The summed E-state index contributed by atoms with van der Waals surface area (Å²) in [5.74, 6) is 2.11. The van der Waals surface area contributed by atoms with Gasteiger partial charge >= 0.3 is 0 Å². The summed E-state index contributed by atoms with van der Waals surface area (Å²) in [6.45, 7) is 4.10. The van der Waals surface area contributed by atoms with E-state index in [0.29, 0.717) is 5.95 Å². The summed E-state index contributed by atoms with van der Waals surface area (Å²) in [5, 5.41) is 8.75. The van der Waals surface area contributed by atoms with Crippen molar-refractivity contribution in [2.45, 2.75) is 30.8 Å². The first-order chi connectivity index (χ1) is 7.68. The van der Waals surface area contributed by atoms with Crippen molar-refractivity contribution in [1.82, 2.24) is 14.8 Å². The molecule has 16 heavy (non-hydrogen) atoms. The molecule has 0 atom stereocenters. The third-order valence-corrected chi connectivity index (χ3v) is 3.10. The van der Waals surface area contributed by atoms with Gasteiger partial charge in [0.25, 0.3) is 0 Å². The van der Waals surface area contributed by atoms with Gasteiger partial charge in [0.2, 0.25) is 5.95 Å². The molecule has 0 aliphatic carbocycles. The van der Waals surface area contributed by atoms with Crippen molar-refractivity contribution in [2.75, 3.05) is 5.73 Å². The van der Waals surface area contributed by atoms with Crippen molar-refractivity contribution in [3.63, 3.8) is 0 Å². The fraction of sp³-hybridized carbons (Fsp3) is 0.400. The molecule has 0 radical (unpaired) electrons. The Bertz CT molecular complexity index is 449. The van der Waals surface area contributed by atoms with E-state index in [1.54, 1.807) is 18.0 Å². The van der Waals surface area contributed by atoms with Gasteiger partial charge in [-0.05, 0) is 26.0 Å². The highest BCUT2D eigenvalue weighted by Crippen LogP contribution is 2.25. The molecule has 86 valence electrons. The van der Waals surface area contributed by atoms with Gasteiger partial charge in [-0.3, -0.25) is 4.57 Å². The van der Waals surface area contributed by atoms with Crippen LogP contribution in [0.5, 0.6) is 0 Å². The van der Waals surface area contributed by atoms with Crippen molar-refractivity contribution >= 4 is 17.7 Å². The standard InChI is InChI=1S/C10H14N4OS/c1-7(2)14-9(11)12-13-10(14)16-6-8-4-3-5-15-8/h3-5,7H,6H2,1-2H3,(H2,11,12). The largest absolute Gasteiger partial charge is 0.468 e. The van der Waals surface area contributed by atoms with Crippen molar-refractivity contribution in [2.24, 2.45) is 0 Å². The van der Waals surface area contributed by atoms with E-state index in [1.165, 1.54) is 0 Å². The van der Waals surface area contributed by atoms with Gasteiger partial charge in [0.1, 0.15) is 5.76 Å². The summed E-state index contributed by atoms with van der Waals surface area (Å²) in [5.41, 5.74) is 5.74. The van der Waals surface area contributed by atoms with Crippen LogP contribution in [-0.4, -0.2) is 14.8 Å². The van der Waals surface area contributed by atoms with Crippen LogP contribution in [0, 0.1) is 0 Å². The summed E-state index contributed by atoms with van der Waals surface area (Å²) in [7, 11) is 0. The third-order valence-electron chi connectivity index (χ3n) is 2.13. The average Bonchev–Trinajstić information content (AvgIpc) is 2.83. The van der Waals surface area contributed by atoms with Gasteiger partial charge in [0.05, 0.1) is 12.0 Å². The minimum atomic E-state index is 0.258. The second-order valence-electron chi connectivity index (χ2n) is 3.67. The first-order valence-corrected chi connectivity index (χ1v) is 6.02. The number of nitrogens with zero attached hydrogens (tertiary/aromatic N) is 3. The maximum Gasteiger partial charge on any atom is 0.222 e. The summed E-state index contributed by atoms with van der Waals surface area (Å²) in [6, 6.07) is 4.07. The van der Waals surface area contributed by atoms with E-state index in [4.69, 9.17) is 10.2 Å². The number of anilines is 1. The highest BCUT2D eigenvalue weighted by Gasteiger charge is 2.13.